The molecule has 1 atom stereocenters. The minimum absolute atomic E-state index is 0.0724. The third-order valence-corrected chi connectivity index (χ3v) is 2.15. The molecule has 1 aromatic rings. The van der Waals surface area contributed by atoms with Crippen molar-refractivity contribution in [3.63, 3.8) is 0 Å². The van der Waals surface area contributed by atoms with Crippen molar-refractivity contribution in [2.75, 3.05) is 7.11 Å². The van der Waals surface area contributed by atoms with E-state index in [2.05, 4.69) is 4.74 Å². The van der Waals surface area contributed by atoms with Crippen molar-refractivity contribution in [3.05, 3.63) is 34.6 Å². The van der Waals surface area contributed by atoms with E-state index in [1.165, 1.54) is 18.2 Å². The van der Waals surface area contributed by atoms with Gasteiger partial charge in [-0.25, -0.2) is 4.39 Å². The minimum Gasteiger partial charge on any atom is -0.468 e. The van der Waals surface area contributed by atoms with Crippen LogP contribution in [0.3, 0.4) is 0 Å². The first-order chi connectivity index (χ1) is 7.11. The number of hydrogen-bond acceptors (Lipinski definition) is 3. The van der Waals surface area contributed by atoms with Crippen molar-refractivity contribution in [1.29, 1.82) is 5.26 Å². The van der Waals surface area contributed by atoms with Gasteiger partial charge in [0.1, 0.15) is 5.82 Å². The number of ether oxygens (including phenoxy) is 1. The minimum atomic E-state index is -1.28. The van der Waals surface area contributed by atoms with Crippen molar-refractivity contribution < 1.29 is 13.9 Å². The topological polar surface area (TPSA) is 50.1 Å². The van der Waals surface area contributed by atoms with E-state index in [1.54, 1.807) is 6.07 Å². The Bertz CT molecular complexity index is 428. The van der Waals surface area contributed by atoms with Crippen LogP contribution in [0, 0.1) is 17.1 Å². The van der Waals surface area contributed by atoms with Crippen LogP contribution in [0.2, 0.25) is 5.02 Å². The normalized spacial score (nSPS) is 11.6. The summed E-state index contributed by atoms with van der Waals surface area (Å²) in [6.07, 6.45) is 0. The molecule has 0 radical (unpaired) electrons. The third-order valence-electron chi connectivity index (χ3n) is 1.86. The van der Waals surface area contributed by atoms with Crippen molar-refractivity contribution in [2.45, 2.75) is 5.92 Å². The summed E-state index contributed by atoms with van der Waals surface area (Å²) in [5.74, 6) is -2.86. The second kappa shape index (κ2) is 4.76. The number of carbonyl (C=O) groups is 1. The van der Waals surface area contributed by atoms with Crippen LogP contribution in [0.1, 0.15) is 11.5 Å². The number of carbonyl (C=O) groups excluding carboxylic acids is 1. The molecule has 0 bridgehead atoms. The standard InChI is InChI=1S/C10H7ClFNO2/c1-15-10(14)7(5-13)6-3-2-4-8(11)9(6)12/h2-4,7H,1H3. The number of hydrogen-bond donors (Lipinski definition) is 0. The van der Waals surface area contributed by atoms with E-state index in [-0.39, 0.29) is 10.6 Å². The predicted molar refractivity (Wildman–Crippen MR) is 51.8 cm³/mol. The number of halogens is 2. The quantitative estimate of drug-likeness (QED) is 0.729. The average molecular weight is 228 g/mol. The summed E-state index contributed by atoms with van der Waals surface area (Å²) >= 11 is 5.53. The lowest BCUT2D eigenvalue weighted by Crippen LogP contribution is -2.13. The maximum Gasteiger partial charge on any atom is 0.327 e. The van der Waals surface area contributed by atoms with Gasteiger partial charge in [-0.2, -0.15) is 5.26 Å². The first-order valence-electron chi connectivity index (χ1n) is 4.03. The summed E-state index contributed by atoms with van der Waals surface area (Å²) in [4.78, 5) is 11.2. The molecule has 1 aromatic carbocycles. The molecule has 0 amide bonds. The van der Waals surface area contributed by atoms with Crippen molar-refractivity contribution in [2.24, 2.45) is 0 Å². The highest BCUT2D eigenvalue weighted by atomic mass is 35.5. The van der Waals surface area contributed by atoms with Gasteiger partial charge in [0.25, 0.3) is 0 Å². The molecule has 0 aliphatic carbocycles. The molecule has 0 fully saturated rings. The molecule has 3 nitrogen and oxygen atoms in total. The second-order valence-corrected chi connectivity index (χ2v) is 3.14. The molecule has 0 N–H and O–H groups in total. The van der Waals surface area contributed by atoms with E-state index in [0.29, 0.717) is 0 Å². The van der Waals surface area contributed by atoms with Gasteiger partial charge in [-0.05, 0) is 6.07 Å². The molecular weight excluding hydrogens is 221 g/mol. The van der Waals surface area contributed by atoms with E-state index in [4.69, 9.17) is 16.9 Å². The number of nitriles is 1. The molecule has 0 aliphatic rings. The molecule has 5 heteroatoms. The van der Waals surface area contributed by atoms with Gasteiger partial charge in [-0.15, -0.1) is 0 Å². The largest absolute Gasteiger partial charge is 0.468 e. The highest BCUT2D eigenvalue weighted by Gasteiger charge is 2.24. The summed E-state index contributed by atoms with van der Waals surface area (Å²) in [6, 6.07) is 5.80. The Morgan fingerprint density at radius 2 is 2.33 bits per heavy atom. The predicted octanol–water partition coefficient (Wildman–Crippen LogP) is 2.26. The smallest absolute Gasteiger partial charge is 0.327 e. The zero-order valence-electron chi connectivity index (χ0n) is 7.83. The summed E-state index contributed by atoms with van der Waals surface area (Å²) in [5.41, 5.74) is -0.0724. The maximum absolute atomic E-state index is 13.4. The van der Waals surface area contributed by atoms with Gasteiger partial charge < -0.3 is 4.74 Å². The summed E-state index contributed by atoms with van der Waals surface area (Å²) in [6.45, 7) is 0. The van der Waals surface area contributed by atoms with Crippen LogP contribution in [0.15, 0.2) is 18.2 Å². The van der Waals surface area contributed by atoms with Crippen LogP contribution in [-0.2, 0) is 9.53 Å². The molecule has 0 aromatic heterocycles. The fourth-order valence-corrected chi connectivity index (χ4v) is 1.29. The Balaban J connectivity index is 3.20. The summed E-state index contributed by atoms with van der Waals surface area (Å²) in [5, 5.41) is 8.61. The Hall–Kier alpha value is -1.60. The van der Waals surface area contributed by atoms with Gasteiger partial charge in [-0.3, -0.25) is 4.79 Å². The van der Waals surface area contributed by atoms with E-state index < -0.39 is 17.7 Å². The third kappa shape index (κ3) is 2.25. The van der Waals surface area contributed by atoms with Crippen LogP contribution in [0.25, 0.3) is 0 Å². The number of methoxy groups -OCH3 is 1. The Labute approximate surface area is 91.0 Å². The fourth-order valence-electron chi connectivity index (χ4n) is 1.11. The molecule has 1 unspecified atom stereocenters. The second-order valence-electron chi connectivity index (χ2n) is 2.73. The van der Waals surface area contributed by atoms with Crippen LogP contribution in [0.4, 0.5) is 4.39 Å². The van der Waals surface area contributed by atoms with Gasteiger partial charge in [0, 0.05) is 5.56 Å². The van der Waals surface area contributed by atoms with Crippen LogP contribution >= 0.6 is 11.6 Å². The fraction of sp³-hybridized carbons (Fsp3) is 0.200. The molecular formula is C10H7ClFNO2. The molecule has 0 aliphatic heterocycles. The molecule has 0 spiro atoms. The SMILES string of the molecule is COC(=O)C(C#N)c1cccc(Cl)c1F. The monoisotopic (exact) mass is 227 g/mol. The van der Waals surface area contributed by atoms with Crippen LogP contribution < -0.4 is 0 Å². The van der Waals surface area contributed by atoms with E-state index in [1.807, 2.05) is 0 Å². The molecule has 1 rings (SSSR count). The molecule has 0 saturated carbocycles. The number of benzene rings is 1. The Morgan fingerprint density at radius 3 is 2.87 bits per heavy atom. The molecule has 78 valence electrons. The van der Waals surface area contributed by atoms with Gasteiger partial charge >= 0.3 is 5.97 Å². The number of nitrogens with zero attached hydrogens (tertiary/aromatic N) is 1. The lowest BCUT2D eigenvalue weighted by Gasteiger charge is -2.08. The maximum atomic E-state index is 13.4. The van der Waals surface area contributed by atoms with E-state index in [0.717, 1.165) is 7.11 Å². The zero-order chi connectivity index (χ0) is 11.4. The Kier molecular flexibility index (Phi) is 3.64. The van der Waals surface area contributed by atoms with Gasteiger partial charge in [-0.1, -0.05) is 23.7 Å². The zero-order valence-corrected chi connectivity index (χ0v) is 8.58. The Morgan fingerprint density at radius 1 is 1.67 bits per heavy atom. The molecule has 0 heterocycles. The number of rotatable bonds is 2. The van der Waals surface area contributed by atoms with Crippen LogP contribution in [-0.4, -0.2) is 13.1 Å². The first kappa shape index (κ1) is 11.5. The number of esters is 1. The lowest BCUT2D eigenvalue weighted by atomic mass is 10.0. The average Bonchev–Trinajstić information content (AvgIpc) is 2.24. The van der Waals surface area contributed by atoms with Gasteiger partial charge in [0.15, 0.2) is 5.92 Å². The van der Waals surface area contributed by atoms with Crippen molar-refractivity contribution >= 4 is 17.6 Å². The molecule has 15 heavy (non-hydrogen) atoms. The van der Waals surface area contributed by atoms with Crippen molar-refractivity contribution in [3.8, 4) is 6.07 Å². The highest BCUT2D eigenvalue weighted by Crippen LogP contribution is 2.25. The highest BCUT2D eigenvalue weighted by molar-refractivity contribution is 6.30. The summed E-state index contributed by atoms with van der Waals surface area (Å²) < 4.78 is 17.8. The summed E-state index contributed by atoms with van der Waals surface area (Å²) in [7, 11) is 1.13. The lowest BCUT2D eigenvalue weighted by molar-refractivity contribution is -0.141. The van der Waals surface area contributed by atoms with Crippen LogP contribution in [0.5, 0.6) is 0 Å². The van der Waals surface area contributed by atoms with E-state index in [9.17, 15) is 9.18 Å². The van der Waals surface area contributed by atoms with Gasteiger partial charge in [0.2, 0.25) is 0 Å². The first-order valence-corrected chi connectivity index (χ1v) is 4.41. The van der Waals surface area contributed by atoms with Crippen molar-refractivity contribution in [1.82, 2.24) is 0 Å². The molecule has 0 saturated heterocycles. The van der Waals surface area contributed by atoms with E-state index >= 15 is 0 Å². The van der Waals surface area contributed by atoms with Gasteiger partial charge in [0.05, 0.1) is 18.2 Å².